The first kappa shape index (κ1) is 29.6. The zero-order valence-electron chi connectivity index (χ0n) is 23.3. The van der Waals surface area contributed by atoms with Gasteiger partial charge in [0.2, 0.25) is 15.8 Å². The zero-order chi connectivity index (χ0) is 30.1. The Morgan fingerprint density at radius 2 is 1.64 bits per heavy atom. The lowest BCUT2D eigenvalue weighted by Gasteiger charge is -2.36. The van der Waals surface area contributed by atoms with Gasteiger partial charge in [-0.15, -0.1) is 0 Å². The fourth-order valence-electron chi connectivity index (χ4n) is 4.73. The summed E-state index contributed by atoms with van der Waals surface area (Å²) in [5.41, 5.74) is -0.565. The van der Waals surface area contributed by atoms with Gasteiger partial charge in [-0.2, -0.15) is 14.1 Å². The van der Waals surface area contributed by atoms with Crippen molar-refractivity contribution in [1.82, 2.24) is 14.1 Å². The number of aromatic nitrogens is 2. The van der Waals surface area contributed by atoms with E-state index in [2.05, 4.69) is 5.10 Å². The smallest absolute Gasteiger partial charge is 0.338 e. The molecule has 2 heterocycles. The number of carbonyl (C=O) groups is 1. The summed E-state index contributed by atoms with van der Waals surface area (Å²) in [4.78, 5) is 27.9. The lowest BCUT2D eigenvalue weighted by atomic mass is 10.1. The second-order valence-electron chi connectivity index (χ2n) is 10.9. The van der Waals surface area contributed by atoms with Crippen molar-refractivity contribution in [3.05, 3.63) is 82.3 Å². The highest BCUT2D eigenvalue weighted by Crippen LogP contribution is 2.46. The van der Waals surface area contributed by atoms with Crippen molar-refractivity contribution in [2.75, 3.05) is 44.3 Å². The number of hydrogen-bond donors (Lipinski definition) is 0. The Morgan fingerprint density at radius 1 is 1.00 bits per heavy atom. The maximum absolute atomic E-state index is 14.0. The lowest BCUT2D eigenvalue weighted by Crippen LogP contribution is -2.50. The Kier molecular flexibility index (Phi) is 8.33. The molecule has 0 unspecified atom stereocenters. The summed E-state index contributed by atoms with van der Waals surface area (Å²) >= 11 is 0. The average Bonchev–Trinajstić information content (AvgIpc) is 3.75. The first-order chi connectivity index (χ1) is 20.0. The van der Waals surface area contributed by atoms with Crippen LogP contribution in [0, 0.1) is 17.0 Å². The minimum absolute atomic E-state index is 0.0561. The minimum Gasteiger partial charge on any atom is -0.485 e. The van der Waals surface area contributed by atoms with Crippen molar-refractivity contribution in [2.24, 2.45) is 5.41 Å². The van der Waals surface area contributed by atoms with E-state index in [0.29, 0.717) is 30.2 Å². The zero-order valence-corrected chi connectivity index (χ0v) is 24.1. The van der Waals surface area contributed by atoms with Gasteiger partial charge in [0, 0.05) is 37.7 Å². The first-order valence-corrected chi connectivity index (χ1v) is 15.2. The topological polar surface area (TPSA) is 111 Å². The molecule has 2 aliphatic rings. The highest BCUT2D eigenvalue weighted by atomic mass is 32.2. The van der Waals surface area contributed by atoms with Crippen LogP contribution in [0.25, 0.3) is 5.69 Å². The molecule has 0 amide bonds. The molecule has 42 heavy (non-hydrogen) atoms. The van der Waals surface area contributed by atoms with E-state index in [1.165, 1.54) is 10.5 Å². The van der Waals surface area contributed by atoms with E-state index in [-0.39, 0.29) is 50.8 Å². The molecule has 0 radical (unpaired) electrons. The van der Waals surface area contributed by atoms with E-state index in [0.717, 1.165) is 16.8 Å². The van der Waals surface area contributed by atoms with Gasteiger partial charge in [0.05, 0.1) is 29.3 Å². The number of piperazine rings is 1. The van der Waals surface area contributed by atoms with E-state index in [4.69, 9.17) is 9.47 Å². The van der Waals surface area contributed by atoms with Crippen LogP contribution in [0.15, 0.2) is 59.5 Å². The molecular formula is C29H32F2N4O6S. The van der Waals surface area contributed by atoms with Crippen molar-refractivity contribution in [3.63, 3.8) is 0 Å². The number of nitrogens with zero attached hydrogens (tertiary/aromatic N) is 4. The van der Waals surface area contributed by atoms with E-state index in [9.17, 15) is 26.8 Å². The Balaban J connectivity index is 1.39. The van der Waals surface area contributed by atoms with E-state index >= 15 is 0 Å². The number of ether oxygens (including phenoxy) is 2. The third kappa shape index (κ3) is 6.31. The van der Waals surface area contributed by atoms with Gasteiger partial charge in [-0.1, -0.05) is 18.2 Å². The molecule has 2 aromatic carbocycles. The molecule has 3 aromatic rings. The van der Waals surface area contributed by atoms with Crippen molar-refractivity contribution in [1.29, 1.82) is 0 Å². The quantitative estimate of drug-likeness (QED) is 0.325. The van der Waals surface area contributed by atoms with E-state index < -0.39 is 43.9 Å². The Bertz CT molecular complexity index is 1600. The molecule has 1 aromatic heterocycles. The van der Waals surface area contributed by atoms with Crippen molar-refractivity contribution >= 4 is 21.7 Å². The summed E-state index contributed by atoms with van der Waals surface area (Å²) in [6.45, 7) is 4.37. The molecule has 1 aliphatic carbocycles. The summed E-state index contributed by atoms with van der Waals surface area (Å²) in [7, 11) is -3.45. The number of benzene rings is 2. The van der Waals surface area contributed by atoms with Gasteiger partial charge in [0.1, 0.15) is 23.9 Å². The number of carbonyl (C=O) groups excluding carboxylic acids is 1. The Hall–Kier alpha value is -3.84. The van der Waals surface area contributed by atoms with Crippen LogP contribution in [0.3, 0.4) is 0 Å². The highest BCUT2D eigenvalue weighted by molar-refractivity contribution is 7.89. The minimum atomic E-state index is -3.45. The summed E-state index contributed by atoms with van der Waals surface area (Å²) in [5.74, 6) is -2.29. The van der Waals surface area contributed by atoms with Gasteiger partial charge < -0.3 is 14.4 Å². The van der Waals surface area contributed by atoms with Crippen LogP contribution >= 0.6 is 0 Å². The second-order valence-corrected chi connectivity index (χ2v) is 13.4. The van der Waals surface area contributed by atoms with E-state index in [1.807, 2.05) is 4.90 Å². The number of sulfonamides is 1. The molecule has 1 aliphatic heterocycles. The molecule has 0 atom stereocenters. The molecule has 224 valence electrons. The molecular weight excluding hydrogens is 570 g/mol. The van der Waals surface area contributed by atoms with Crippen molar-refractivity contribution in [3.8, 4) is 11.4 Å². The highest BCUT2D eigenvalue weighted by Gasteiger charge is 2.45. The number of anilines is 1. The molecule has 5 rings (SSSR count). The molecule has 1 saturated heterocycles. The summed E-state index contributed by atoms with van der Waals surface area (Å²) in [6.07, 6.45) is 2.80. The third-order valence-electron chi connectivity index (χ3n) is 7.54. The SMILES string of the molecule is CC(C)S(=O)(=O)N1CCN(c2cnn(-c3cc(F)cc(F)c3)c(=O)c2OCC2(COC(=O)c3ccccc3)CC2)CC1. The number of rotatable bonds is 10. The molecule has 0 bridgehead atoms. The largest absolute Gasteiger partial charge is 0.485 e. The maximum atomic E-state index is 14.0. The summed E-state index contributed by atoms with van der Waals surface area (Å²) in [6, 6.07) is 11.3. The average molecular weight is 603 g/mol. The van der Waals surface area contributed by atoms with E-state index in [1.54, 1.807) is 44.2 Å². The normalized spacial score (nSPS) is 16.8. The van der Waals surface area contributed by atoms with Crippen LogP contribution in [-0.2, 0) is 14.8 Å². The van der Waals surface area contributed by atoms with Gasteiger partial charge in [-0.05, 0) is 51.0 Å². The van der Waals surface area contributed by atoms with Crippen LogP contribution in [-0.4, -0.2) is 73.1 Å². The van der Waals surface area contributed by atoms with Gasteiger partial charge in [0.15, 0.2) is 0 Å². The fourth-order valence-corrected chi connectivity index (χ4v) is 5.99. The standard InChI is InChI=1S/C29H32F2N4O6S/c1-20(2)42(38,39)34-12-10-33(11-13-34)25-17-32-35(24-15-22(30)14-23(31)16-24)27(36)26(25)40-18-29(8-9-29)19-41-28(37)21-6-4-3-5-7-21/h3-7,14-17,20H,8-13,18-19H2,1-2H3. The molecule has 0 spiro atoms. The fraction of sp³-hybridized carbons (Fsp3) is 0.414. The van der Waals surface area contributed by atoms with Crippen molar-refractivity contribution in [2.45, 2.75) is 31.9 Å². The second kappa shape index (κ2) is 11.8. The molecule has 0 N–H and O–H groups in total. The van der Waals surface area contributed by atoms with Gasteiger partial charge >= 0.3 is 11.5 Å². The molecule has 13 heteroatoms. The molecule has 10 nitrogen and oxygen atoms in total. The van der Waals surface area contributed by atoms with Crippen LogP contribution in [0.1, 0.15) is 37.0 Å². The maximum Gasteiger partial charge on any atom is 0.338 e. The van der Waals surface area contributed by atoms with Crippen LogP contribution in [0.5, 0.6) is 5.75 Å². The number of esters is 1. The lowest BCUT2D eigenvalue weighted by molar-refractivity contribution is 0.0364. The van der Waals surface area contributed by atoms with Gasteiger partial charge in [-0.3, -0.25) is 4.79 Å². The summed E-state index contributed by atoms with van der Waals surface area (Å²) in [5, 5.41) is 3.60. The monoisotopic (exact) mass is 602 g/mol. The van der Waals surface area contributed by atoms with Gasteiger partial charge in [-0.25, -0.2) is 22.0 Å². The van der Waals surface area contributed by atoms with Crippen LogP contribution in [0.4, 0.5) is 14.5 Å². The Labute approximate surface area is 242 Å². The molecule has 2 fully saturated rings. The Morgan fingerprint density at radius 3 is 2.24 bits per heavy atom. The first-order valence-electron chi connectivity index (χ1n) is 13.7. The number of hydrogen-bond acceptors (Lipinski definition) is 8. The number of halogens is 2. The van der Waals surface area contributed by atoms with Crippen LogP contribution in [0.2, 0.25) is 0 Å². The van der Waals surface area contributed by atoms with Crippen LogP contribution < -0.4 is 15.2 Å². The predicted octanol–water partition coefficient (Wildman–Crippen LogP) is 3.39. The molecule has 1 saturated carbocycles. The predicted molar refractivity (Wildman–Crippen MR) is 151 cm³/mol. The van der Waals surface area contributed by atoms with Crippen molar-refractivity contribution < 1.29 is 31.5 Å². The van der Waals surface area contributed by atoms with Gasteiger partial charge in [0.25, 0.3) is 0 Å². The summed E-state index contributed by atoms with van der Waals surface area (Å²) < 4.78 is 67.2. The third-order valence-corrected chi connectivity index (χ3v) is 9.82.